The maximum absolute atomic E-state index is 12.0. The second kappa shape index (κ2) is 12.3. The van der Waals surface area contributed by atoms with E-state index in [1.54, 1.807) is 19.0 Å². The molecular weight excluding hydrogens is 465 g/mol. The number of aliphatic imine (C=N–C) groups is 1. The van der Waals surface area contributed by atoms with E-state index in [0.717, 1.165) is 44.0 Å². The number of amides is 1. The summed E-state index contributed by atoms with van der Waals surface area (Å²) < 4.78 is 0. The highest BCUT2D eigenvalue weighted by Crippen LogP contribution is 2.13. The van der Waals surface area contributed by atoms with E-state index in [2.05, 4.69) is 36.3 Å². The maximum atomic E-state index is 12.0. The van der Waals surface area contributed by atoms with E-state index in [4.69, 9.17) is 4.99 Å². The molecule has 1 aliphatic rings. The Hall–Kier alpha value is -1.35. The van der Waals surface area contributed by atoms with Gasteiger partial charge in [-0.05, 0) is 51.3 Å². The number of likely N-dealkylation sites (tertiary alicyclic amines) is 1. The number of rotatable bonds is 6. The van der Waals surface area contributed by atoms with Crippen molar-refractivity contribution in [1.82, 2.24) is 20.4 Å². The highest BCUT2D eigenvalue weighted by molar-refractivity contribution is 14.0. The van der Waals surface area contributed by atoms with Crippen molar-refractivity contribution in [3.8, 4) is 0 Å². The standard InChI is InChI=1S/C21H35N5O.HI/c1-6-22-21(24-19-11-13-26(14-12-19)16(2)3)23-15-17-7-9-18(10-8-17)20(27)25(4)5;/h7-10,16,19H,6,11-15H2,1-5H3,(H2,22,23,24);1H. The van der Waals surface area contributed by atoms with Crippen molar-refractivity contribution >= 4 is 35.8 Å². The third-order valence-electron chi connectivity index (χ3n) is 4.97. The molecule has 0 aliphatic carbocycles. The molecule has 0 unspecified atom stereocenters. The van der Waals surface area contributed by atoms with E-state index >= 15 is 0 Å². The molecule has 0 bridgehead atoms. The van der Waals surface area contributed by atoms with E-state index < -0.39 is 0 Å². The first-order valence-corrected chi connectivity index (χ1v) is 10.00. The van der Waals surface area contributed by atoms with Gasteiger partial charge in [-0.2, -0.15) is 0 Å². The molecule has 2 N–H and O–H groups in total. The molecule has 1 aliphatic heterocycles. The lowest BCUT2D eigenvalue weighted by atomic mass is 10.0. The summed E-state index contributed by atoms with van der Waals surface area (Å²) in [7, 11) is 3.53. The van der Waals surface area contributed by atoms with Crippen molar-refractivity contribution in [3.63, 3.8) is 0 Å². The van der Waals surface area contributed by atoms with Gasteiger partial charge >= 0.3 is 0 Å². The highest BCUT2D eigenvalue weighted by atomic mass is 127. The number of nitrogens with zero attached hydrogens (tertiary/aromatic N) is 3. The second-order valence-corrected chi connectivity index (χ2v) is 7.64. The van der Waals surface area contributed by atoms with Crippen LogP contribution in [0, 0.1) is 0 Å². The third-order valence-corrected chi connectivity index (χ3v) is 4.97. The van der Waals surface area contributed by atoms with Gasteiger partial charge in [0.1, 0.15) is 0 Å². The van der Waals surface area contributed by atoms with E-state index in [9.17, 15) is 4.79 Å². The lowest BCUT2D eigenvalue weighted by molar-refractivity contribution is 0.0827. The summed E-state index contributed by atoms with van der Waals surface area (Å²) in [5.41, 5.74) is 1.80. The molecular formula is C21H36IN5O. The number of benzene rings is 1. The Bertz CT molecular complexity index is 622. The molecule has 6 nitrogen and oxygen atoms in total. The Morgan fingerprint density at radius 1 is 1.21 bits per heavy atom. The average Bonchev–Trinajstić information content (AvgIpc) is 2.66. The third kappa shape index (κ3) is 7.58. The fraction of sp³-hybridized carbons (Fsp3) is 0.619. The van der Waals surface area contributed by atoms with Crippen LogP contribution in [0.25, 0.3) is 0 Å². The zero-order valence-electron chi connectivity index (χ0n) is 17.9. The molecule has 1 aromatic rings. The summed E-state index contributed by atoms with van der Waals surface area (Å²) in [5, 5.41) is 6.93. The molecule has 1 heterocycles. The Morgan fingerprint density at radius 2 is 1.82 bits per heavy atom. The average molecular weight is 501 g/mol. The van der Waals surface area contributed by atoms with Crippen molar-refractivity contribution in [3.05, 3.63) is 35.4 Å². The minimum atomic E-state index is 0. The fourth-order valence-electron chi connectivity index (χ4n) is 3.25. The fourth-order valence-corrected chi connectivity index (χ4v) is 3.25. The van der Waals surface area contributed by atoms with Crippen molar-refractivity contribution < 1.29 is 4.79 Å². The normalized spacial score (nSPS) is 15.9. The molecule has 1 saturated heterocycles. The maximum Gasteiger partial charge on any atom is 0.253 e. The monoisotopic (exact) mass is 501 g/mol. The van der Waals surface area contributed by atoms with Crippen LogP contribution in [0.4, 0.5) is 0 Å². The minimum Gasteiger partial charge on any atom is -0.357 e. The number of halogens is 1. The molecule has 28 heavy (non-hydrogen) atoms. The molecule has 0 aromatic heterocycles. The Morgan fingerprint density at radius 3 is 2.32 bits per heavy atom. The zero-order valence-corrected chi connectivity index (χ0v) is 20.2. The van der Waals surface area contributed by atoms with E-state index in [0.29, 0.717) is 24.2 Å². The van der Waals surface area contributed by atoms with Crippen LogP contribution >= 0.6 is 24.0 Å². The molecule has 1 amide bonds. The van der Waals surface area contributed by atoms with Crippen LogP contribution in [-0.4, -0.2) is 67.5 Å². The molecule has 0 spiro atoms. The van der Waals surface area contributed by atoms with E-state index in [1.807, 2.05) is 24.3 Å². The van der Waals surface area contributed by atoms with Crippen LogP contribution < -0.4 is 10.6 Å². The quantitative estimate of drug-likeness (QED) is 0.358. The number of nitrogens with one attached hydrogen (secondary N) is 2. The Kier molecular flexibility index (Phi) is 10.8. The first-order valence-electron chi connectivity index (χ1n) is 10.00. The van der Waals surface area contributed by atoms with E-state index in [1.165, 1.54) is 0 Å². The summed E-state index contributed by atoms with van der Waals surface area (Å²) in [5.74, 6) is 0.890. The summed E-state index contributed by atoms with van der Waals surface area (Å²) in [6.07, 6.45) is 2.29. The van der Waals surface area contributed by atoms with Gasteiger partial charge in [0.15, 0.2) is 5.96 Å². The van der Waals surface area contributed by atoms with Crippen molar-refractivity contribution in [2.45, 2.75) is 52.2 Å². The number of hydrogen-bond donors (Lipinski definition) is 2. The number of hydrogen-bond acceptors (Lipinski definition) is 3. The molecule has 2 rings (SSSR count). The Labute approximate surface area is 187 Å². The van der Waals surface area contributed by atoms with Gasteiger partial charge in [-0.25, -0.2) is 4.99 Å². The molecule has 0 radical (unpaired) electrons. The van der Waals surface area contributed by atoms with Gasteiger partial charge < -0.3 is 20.4 Å². The number of carbonyl (C=O) groups is 1. The Balaban J connectivity index is 0.00000392. The van der Waals surface area contributed by atoms with Crippen LogP contribution in [0.5, 0.6) is 0 Å². The van der Waals surface area contributed by atoms with Crippen LogP contribution in [0.2, 0.25) is 0 Å². The molecule has 0 atom stereocenters. The van der Waals surface area contributed by atoms with Gasteiger partial charge in [0, 0.05) is 51.4 Å². The van der Waals surface area contributed by atoms with Crippen molar-refractivity contribution in [1.29, 1.82) is 0 Å². The molecule has 0 saturated carbocycles. The molecule has 1 aromatic carbocycles. The lowest BCUT2D eigenvalue weighted by Crippen LogP contribution is -2.49. The summed E-state index contributed by atoms with van der Waals surface area (Å²) in [6, 6.07) is 8.79. The number of carbonyl (C=O) groups excluding carboxylic acids is 1. The zero-order chi connectivity index (χ0) is 19.8. The van der Waals surface area contributed by atoms with Crippen LogP contribution in [-0.2, 0) is 6.54 Å². The number of piperidine rings is 1. The van der Waals surface area contributed by atoms with Crippen molar-refractivity contribution in [2.75, 3.05) is 33.7 Å². The lowest BCUT2D eigenvalue weighted by Gasteiger charge is -2.35. The summed E-state index contributed by atoms with van der Waals surface area (Å²) in [6.45, 7) is 10.3. The van der Waals surface area contributed by atoms with E-state index in [-0.39, 0.29) is 29.9 Å². The first kappa shape index (κ1) is 24.7. The van der Waals surface area contributed by atoms with Crippen LogP contribution in [0.1, 0.15) is 49.5 Å². The predicted octanol–water partition coefficient (Wildman–Crippen LogP) is 2.93. The second-order valence-electron chi connectivity index (χ2n) is 7.64. The summed E-state index contributed by atoms with van der Waals surface area (Å²) >= 11 is 0. The van der Waals surface area contributed by atoms with Gasteiger partial charge in [0.2, 0.25) is 0 Å². The topological polar surface area (TPSA) is 60.0 Å². The van der Waals surface area contributed by atoms with Gasteiger partial charge in [-0.15, -0.1) is 24.0 Å². The van der Waals surface area contributed by atoms with Crippen LogP contribution in [0.3, 0.4) is 0 Å². The van der Waals surface area contributed by atoms with Gasteiger partial charge in [-0.1, -0.05) is 12.1 Å². The van der Waals surface area contributed by atoms with Crippen molar-refractivity contribution in [2.24, 2.45) is 4.99 Å². The van der Waals surface area contributed by atoms with Crippen LogP contribution in [0.15, 0.2) is 29.3 Å². The molecule has 1 fully saturated rings. The SMILES string of the molecule is CCNC(=NCc1ccc(C(=O)N(C)C)cc1)NC1CCN(C(C)C)CC1.I. The molecule has 158 valence electrons. The number of guanidine groups is 1. The van der Waals surface area contributed by atoms with Gasteiger partial charge in [0.25, 0.3) is 5.91 Å². The first-order chi connectivity index (χ1) is 12.9. The molecule has 7 heteroatoms. The highest BCUT2D eigenvalue weighted by Gasteiger charge is 2.21. The minimum absolute atomic E-state index is 0. The largest absolute Gasteiger partial charge is 0.357 e. The predicted molar refractivity (Wildman–Crippen MR) is 128 cm³/mol. The van der Waals surface area contributed by atoms with Gasteiger partial charge in [0.05, 0.1) is 6.54 Å². The summed E-state index contributed by atoms with van der Waals surface area (Å²) in [4.78, 5) is 20.8. The smallest absolute Gasteiger partial charge is 0.253 e. The van der Waals surface area contributed by atoms with Gasteiger partial charge in [-0.3, -0.25) is 4.79 Å².